The van der Waals surface area contributed by atoms with Crippen LogP contribution in [0, 0.1) is 6.92 Å². The summed E-state index contributed by atoms with van der Waals surface area (Å²) in [6, 6.07) is 17.2. The van der Waals surface area contributed by atoms with Crippen molar-refractivity contribution in [3.63, 3.8) is 0 Å². The number of nitrogens with one attached hydrogen (secondary N) is 1. The van der Waals surface area contributed by atoms with E-state index in [2.05, 4.69) is 15.5 Å². The van der Waals surface area contributed by atoms with E-state index >= 15 is 0 Å². The molecule has 12 heteroatoms. The molecule has 0 saturated carbocycles. The topological polar surface area (TPSA) is 134 Å². The van der Waals surface area contributed by atoms with Crippen LogP contribution in [0.25, 0.3) is 16.0 Å². The fourth-order valence-corrected chi connectivity index (χ4v) is 6.28. The first-order valence-corrected chi connectivity index (χ1v) is 13.9. The summed E-state index contributed by atoms with van der Waals surface area (Å²) in [4.78, 5) is 39.2. The smallest absolute Gasteiger partial charge is 0.264 e. The minimum atomic E-state index is -0.602. The lowest BCUT2D eigenvalue weighted by molar-refractivity contribution is -0.118. The summed E-state index contributed by atoms with van der Waals surface area (Å²) in [5.41, 5.74) is 7.86. The summed E-state index contributed by atoms with van der Waals surface area (Å²) in [5.74, 6) is 0.465. The zero-order valence-electron chi connectivity index (χ0n) is 21.3. The Kier molecular flexibility index (Phi) is 7.66. The highest BCUT2D eigenvalue weighted by atomic mass is 32.2. The lowest BCUT2D eigenvalue weighted by atomic mass is 10.1. The van der Waals surface area contributed by atoms with E-state index < -0.39 is 5.91 Å². The number of nitrogens with zero attached hydrogens (tertiary/aromatic N) is 4. The molecule has 0 bridgehead atoms. The van der Waals surface area contributed by atoms with E-state index in [4.69, 9.17) is 10.5 Å². The molecule has 3 N–H and O–H groups in total. The molecule has 0 saturated heterocycles. The highest BCUT2D eigenvalue weighted by molar-refractivity contribution is 7.99. The Balaban J connectivity index is 1.41. The minimum Gasteiger partial charge on any atom is -0.497 e. The first-order valence-electron chi connectivity index (χ1n) is 12.1. The zero-order chi connectivity index (χ0) is 27.5. The normalized spacial score (nSPS) is 11.2. The summed E-state index contributed by atoms with van der Waals surface area (Å²) in [6.45, 7) is 2.47. The van der Waals surface area contributed by atoms with Crippen LogP contribution in [0.4, 0.5) is 0 Å². The molecule has 2 amide bonds. The SMILES string of the molecule is COc1ccc(CCNC(=O)CSc2nnc3n(Cc4ccccc4)c(=O)c4c(C)c(C(N)=O)sc4n23)cc1. The number of thioether (sulfide) groups is 1. The number of fused-ring (bicyclic) bond motifs is 3. The first-order chi connectivity index (χ1) is 18.9. The van der Waals surface area contributed by atoms with Gasteiger partial charge in [-0.25, -0.2) is 4.40 Å². The van der Waals surface area contributed by atoms with Gasteiger partial charge in [0.15, 0.2) is 5.16 Å². The van der Waals surface area contributed by atoms with Crippen molar-refractivity contribution >= 4 is 50.9 Å². The Morgan fingerprint density at radius 1 is 1.08 bits per heavy atom. The van der Waals surface area contributed by atoms with Gasteiger partial charge in [-0.1, -0.05) is 54.2 Å². The molecule has 0 aliphatic carbocycles. The van der Waals surface area contributed by atoms with Crippen LogP contribution in [0.5, 0.6) is 5.75 Å². The van der Waals surface area contributed by atoms with Crippen LogP contribution in [0.2, 0.25) is 0 Å². The van der Waals surface area contributed by atoms with Gasteiger partial charge in [-0.05, 0) is 42.2 Å². The first kappa shape index (κ1) is 26.4. The molecule has 200 valence electrons. The number of aromatic nitrogens is 4. The van der Waals surface area contributed by atoms with Crippen molar-refractivity contribution in [1.29, 1.82) is 0 Å². The Labute approximate surface area is 231 Å². The summed E-state index contributed by atoms with van der Waals surface area (Å²) in [6.07, 6.45) is 0.686. The highest BCUT2D eigenvalue weighted by Gasteiger charge is 2.24. The van der Waals surface area contributed by atoms with Crippen LogP contribution >= 0.6 is 23.1 Å². The second-order valence-electron chi connectivity index (χ2n) is 8.83. The van der Waals surface area contributed by atoms with Crippen molar-refractivity contribution in [3.05, 3.63) is 86.5 Å². The molecule has 3 heterocycles. The number of aryl methyl sites for hydroxylation is 1. The van der Waals surface area contributed by atoms with Gasteiger partial charge in [-0.15, -0.1) is 21.5 Å². The van der Waals surface area contributed by atoms with E-state index in [1.54, 1.807) is 18.4 Å². The zero-order valence-corrected chi connectivity index (χ0v) is 23.0. The number of amides is 2. The Hall–Kier alpha value is -4.16. The maximum Gasteiger partial charge on any atom is 0.264 e. The molecule has 0 aliphatic rings. The molecular formula is C27H26N6O4S2. The van der Waals surface area contributed by atoms with Gasteiger partial charge >= 0.3 is 0 Å². The number of ether oxygens (including phenoxy) is 1. The third-order valence-electron chi connectivity index (χ3n) is 6.28. The minimum absolute atomic E-state index is 0.107. The van der Waals surface area contributed by atoms with Gasteiger partial charge in [0.1, 0.15) is 10.6 Å². The lowest BCUT2D eigenvalue weighted by Gasteiger charge is -2.10. The molecule has 5 rings (SSSR count). The maximum atomic E-state index is 13.6. The van der Waals surface area contributed by atoms with Gasteiger partial charge in [-0.3, -0.25) is 19.0 Å². The van der Waals surface area contributed by atoms with Crippen LogP contribution in [0.3, 0.4) is 0 Å². The van der Waals surface area contributed by atoms with E-state index in [-0.39, 0.29) is 23.8 Å². The molecule has 0 aliphatic heterocycles. The van der Waals surface area contributed by atoms with Gasteiger partial charge in [0.25, 0.3) is 11.5 Å². The number of benzene rings is 2. The average Bonchev–Trinajstić information content (AvgIpc) is 3.52. The third kappa shape index (κ3) is 5.38. The van der Waals surface area contributed by atoms with E-state index in [9.17, 15) is 14.4 Å². The number of carbonyl (C=O) groups excluding carboxylic acids is 2. The number of primary amides is 1. The molecule has 0 fully saturated rings. The van der Waals surface area contributed by atoms with Gasteiger partial charge in [0.05, 0.1) is 29.7 Å². The molecule has 0 atom stereocenters. The van der Waals surface area contributed by atoms with Crippen molar-refractivity contribution in [1.82, 2.24) is 24.5 Å². The molecule has 3 aromatic heterocycles. The van der Waals surface area contributed by atoms with E-state index in [1.165, 1.54) is 16.3 Å². The van der Waals surface area contributed by atoms with Gasteiger partial charge < -0.3 is 15.8 Å². The molecular weight excluding hydrogens is 536 g/mol. The van der Waals surface area contributed by atoms with Crippen molar-refractivity contribution in [2.75, 3.05) is 19.4 Å². The van der Waals surface area contributed by atoms with Crippen LogP contribution in [-0.2, 0) is 17.8 Å². The third-order valence-corrected chi connectivity index (χ3v) is 8.50. The van der Waals surface area contributed by atoms with E-state index in [0.717, 1.165) is 28.2 Å². The molecule has 0 radical (unpaired) electrons. The molecule has 2 aromatic carbocycles. The van der Waals surface area contributed by atoms with E-state index in [0.29, 0.717) is 44.6 Å². The standard InChI is InChI=1S/C27H26N6O4S2/c1-16-21-24(36)32(14-18-6-4-3-5-7-18)26-30-31-27(33(26)25(21)39-22(16)23(28)35)38-15-20(34)29-13-12-17-8-10-19(37-2)11-9-17/h3-11H,12-15H2,1-2H3,(H2,28,35)(H,29,34). The predicted molar refractivity (Wildman–Crippen MR) is 152 cm³/mol. The number of hydrogen-bond acceptors (Lipinski definition) is 8. The molecule has 5 aromatic rings. The number of hydrogen-bond donors (Lipinski definition) is 2. The Morgan fingerprint density at radius 2 is 1.82 bits per heavy atom. The second-order valence-corrected chi connectivity index (χ2v) is 10.8. The lowest BCUT2D eigenvalue weighted by Crippen LogP contribution is -2.27. The van der Waals surface area contributed by atoms with Crippen LogP contribution < -0.4 is 21.3 Å². The molecule has 0 unspecified atom stereocenters. The Morgan fingerprint density at radius 3 is 2.51 bits per heavy atom. The number of carbonyl (C=O) groups is 2. The number of thiophene rings is 1. The molecule has 10 nitrogen and oxygen atoms in total. The van der Waals surface area contributed by atoms with Gasteiger partial charge in [0, 0.05) is 6.54 Å². The number of nitrogens with two attached hydrogens (primary N) is 1. The molecule has 39 heavy (non-hydrogen) atoms. The average molecular weight is 563 g/mol. The number of methoxy groups -OCH3 is 1. The summed E-state index contributed by atoms with van der Waals surface area (Å²) >= 11 is 2.34. The van der Waals surface area contributed by atoms with Crippen molar-refractivity contribution in [3.8, 4) is 5.75 Å². The van der Waals surface area contributed by atoms with Crippen LogP contribution in [0.15, 0.2) is 64.5 Å². The maximum absolute atomic E-state index is 13.6. The summed E-state index contributed by atoms with van der Waals surface area (Å²) in [5, 5.41) is 12.4. The Bertz CT molecular complexity index is 1730. The van der Waals surface area contributed by atoms with Crippen molar-refractivity contribution in [2.45, 2.75) is 25.0 Å². The second kappa shape index (κ2) is 11.3. The predicted octanol–water partition coefficient (Wildman–Crippen LogP) is 3.02. The number of rotatable bonds is 10. The molecule has 0 spiro atoms. The fraction of sp³-hybridized carbons (Fsp3) is 0.222. The van der Waals surface area contributed by atoms with Gasteiger partial charge in [-0.2, -0.15) is 0 Å². The monoisotopic (exact) mass is 562 g/mol. The summed E-state index contributed by atoms with van der Waals surface area (Å²) < 4.78 is 8.44. The summed E-state index contributed by atoms with van der Waals surface area (Å²) in [7, 11) is 1.62. The quantitative estimate of drug-likeness (QED) is 0.250. The highest BCUT2D eigenvalue weighted by Crippen LogP contribution is 2.31. The van der Waals surface area contributed by atoms with E-state index in [1.807, 2.05) is 54.6 Å². The largest absolute Gasteiger partial charge is 0.497 e. The van der Waals surface area contributed by atoms with Crippen LogP contribution in [-0.4, -0.2) is 50.4 Å². The van der Waals surface area contributed by atoms with Gasteiger partial charge in [0.2, 0.25) is 11.7 Å². The van der Waals surface area contributed by atoms with Crippen molar-refractivity contribution in [2.24, 2.45) is 5.73 Å². The van der Waals surface area contributed by atoms with Crippen molar-refractivity contribution < 1.29 is 14.3 Å². The fourth-order valence-electron chi connectivity index (χ4n) is 4.30. The van der Waals surface area contributed by atoms with Crippen LogP contribution in [0.1, 0.15) is 26.4 Å².